The standard InChI is InChI=1S/C17H32N4/c1-13(2)10-8-6-7-9-11-19-17-15(14(3)4)16(18-5)20-12-21-17/h12-14H,6-11H2,1-5H3,(H2,18,19,20,21). The Kier molecular flexibility index (Phi) is 8.09. The summed E-state index contributed by atoms with van der Waals surface area (Å²) in [6, 6.07) is 0. The van der Waals surface area contributed by atoms with Gasteiger partial charge in [0.1, 0.15) is 18.0 Å². The van der Waals surface area contributed by atoms with Crippen LogP contribution in [0.25, 0.3) is 0 Å². The minimum atomic E-state index is 0.405. The van der Waals surface area contributed by atoms with Crippen LogP contribution in [-0.2, 0) is 0 Å². The van der Waals surface area contributed by atoms with Crippen molar-refractivity contribution in [3.8, 4) is 0 Å². The van der Waals surface area contributed by atoms with Crippen LogP contribution in [0.3, 0.4) is 0 Å². The van der Waals surface area contributed by atoms with E-state index in [0.717, 1.165) is 24.1 Å². The molecule has 4 nitrogen and oxygen atoms in total. The Morgan fingerprint density at radius 2 is 1.62 bits per heavy atom. The largest absolute Gasteiger partial charge is 0.373 e. The van der Waals surface area contributed by atoms with Gasteiger partial charge in [0.05, 0.1) is 0 Å². The van der Waals surface area contributed by atoms with Crippen molar-refractivity contribution in [1.29, 1.82) is 0 Å². The molecule has 1 heterocycles. The summed E-state index contributed by atoms with van der Waals surface area (Å²) in [6.45, 7) is 9.93. The van der Waals surface area contributed by atoms with Crippen molar-refractivity contribution in [2.45, 2.75) is 65.7 Å². The molecule has 0 saturated heterocycles. The molecule has 0 spiro atoms. The predicted octanol–water partition coefficient (Wildman–Crippen LogP) is 4.66. The summed E-state index contributed by atoms with van der Waals surface area (Å²) in [5, 5.41) is 6.63. The van der Waals surface area contributed by atoms with Crippen LogP contribution in [0.2, 0.25) is 0 Å². The van der Waals surface area contributed by atoms with Gasteiger partial charge >= 0.3 is 0 Å². The van der Waals surface area contributed by atoms with Crippen LogP contribution in [0.1, 0.15) is 71.3 Å². The highest BCUT2D eigenvalue weighted by atomic mass is 15.1. The summed E-state index contributed by atoms with van der Waals surface area (Å²) in [7, 11) is 1.91. The van der Waals surface area contributed by atoms with E-state index >= 15 is 0 Å². The van der Waals surface area contributed by atoms with E-state index in [9.17, 15) is 0 Å². The van der Waals surface area contributed by atoms with Crippen molar-refractivity contribution in [2.75, 3.05) is 24.2 Å². The van der Waals surface area contributed by atoms with Gasteiger partial charge in [-0.3, -0.25) is 0 Å². The van der Waals surface area contributed by atoms with Gasteiger partial charge in [-0.1, -0.05) is 53.4 Å². The maximum atomic E-state index is 4.40. The van der Waals surface area contributed by atoms with Crippen molar-refractivity contribution in [2.24, 2.45) is 5.92 Å². The number of anilines is 2. The van der Waals surface area contributed by atoms with Crippen LogP contribution in [0.4, 0.5) is 11.6 Å². The van der Waals surface area contributed by atoms with Crippen LogP contribution >= 0.6 is 0 Å². The van der Waals surface area contributed by atoms with Gasteiger partial charge in [-0.15, -0.1) is 0 Å². The molecule has 0 saturated carbocycles. The number of hydrogen-bond acceptors (Lipinski definition) is 4. The molecule has 0 aliphatic rings. The number of nitrogens with one attached hydrogen (secondary N) is 2. The maximum Gasteiger partial charge on any atom is 0.134 e. The first-order valence-corrected chi connectivity index (χ1v) is 8.32. The summed E-state index contributed by atoms with van der Waals surface area (Å²) in [5.74, 6) is 3.14. The van der Waals surface area contributed by atoms with Crippen LogP contribution in [0, 0.1) is 5.92 Å². The topological polar surface area (TPSA) is 49.8 Å². The van der Waals surface area contributed by atoms with Crippen LogP contribution in [0.5, 0.6) is 0 Å². The van der Waals surface area contributed by atoms with Crippen molar-refractivity contribution in [3.63, 3.8) is 0 Å². The van der Waals surface area contributed by atoms with Crippen molar-refractivity contribution in [3.05, 3.63) is 11.9 Å². The molecule has 1 aromatic heterocycles. The molecule has 0 radical (unpaired) electrons. The Bertz CT molecular complexity index is 402. The highest BCUT2D eigenvalue weighted by Gasteiger charge is 2.13. The lowest BCUT2D eigenvalue weighted by atomic mass is 10.0. The summed E-state index contributed by atoms with van der Waals surface area (Å²) in [4.78, 5) is 8.71. The highest BCUT2D eigenvalue weighted by molar-refractivity contribution is 5.58. The maximum absolute atomic E-state index is 4.40. The summed E-state index contributed by atoms with van der Waals surface area (Å²) in [5.41, 5.74) is 1.18. The van der Waals surface area contributed by atoms with E-state index < -0.39 is 0 Å². The van der Waals surface area contributed by atoms with Crippen molar-refractivity contribution < 1.29 is 0 Å². The molecule has 21 heavy (non-hydrogen) atoms. The fourth-order valence-electron chi connectivity index (χ4n) is 2.52. The molecule has 4 heteroatoms. The van der Waals surface area contributed by atoms with Crippen molar-refractivity contribution >= 4 is 11.6 Å². The van der Waals surface area contributed by atoms with Crippen molar-refractivity contribution in [1.82, 2.24) is 9.97 Å². The van der Waals surface area contributed by atoms with Gasteiger partial charge in [-0.25, -0.2) is 9.97 Å². The van der Waals surface area contributed by atoms with Gasteiger partial charge in [0, 0.05) is 19.2 Å². The van der Waals surface area contributed by atoms with E-state index in [1.807, 2.05) is 7.05 Å². The Morgan fingerprint density at radius 1 is 0.952 bits per heavy atom. The Hall–Kier alpha value is -1.32. The van der Waals surface area contributed by atoms with E-state index in [-0.39, 0.29) is 0 Å². The first-order valence-electron chi connectivity index (χ1n) is 8.32. The lowest BCUT2D eigenvalue weighted by molar-refractivity contribution is 0.523. The molecule has 120 valence electrons. The molecule has 0 atom stereocenters. The molecular formula is C17H32N4. The lowest BCUT2D eigenvalue weighted by Crippen LogP contribution is -2.10. The van der Waals surface area contributed by atoms with Crippen LogP contribution < -0.4 is 10.6 Å². The van der Waals surface area contributed by atoms with E-state index in [1.54, 1.807) is 6.33 Å². The average molecular weight is 292 g/mol. The molecule has 0 aliphatic carbocycles. The SMILES string of the molecule is CNc1ncnc(NCCCCCCC(C)C)c1C(C)C. The van der Waals surface area contributed by atoms with Gasteiger partial charge < -0.3 is 10.6 Å². The number of unbranched alkanes of at least 4 members (excludes halogenated alkanes) is 3. The summed E-state index contributed by atoms with van der Waals surface area (Å²) in [6.07, 6.45) is 8.16. The lowest BCUT2D eigenvalue weighted by Gasteiger charge is -2.16. The molecule has 0 fully saturated rings. The van der Waals surface area contributed by atoms with Gasteiger partial charge in [0.15, 0.2) is 0 Å². The number of aromatic nitrogens is 2. The van der Waals surface area contributed by atoms with E-state index in [4.69, 9.17) is 0 Å². The third kappa shape index (κ3) is 6.32. The fourth-order valence-corrected chi connectivity index (χ4v) is 2.52. The molecule has 1 rings (SSSR count). The Morgan fingerprint density at radius 3 is 2.24 bits per heavy atom. The smallest absolute Gasteiger partial charge is 0.134 e. The van der Waals surface area contributed by atoms with Crippen LogP contribution in [-0.4, -0.2) is 23.6 Å². The van der Waals surface area contributed by atoms with E-state index in [2.05, 4.69) is 48.3 Å². The first kappa shape index (κ1) is 17.7. The molecule has 0 amide bonds. The third-order valence-electron chi connectivity index (χ3n) is 3.70. The second-order valence-electron chi connectivity index (χ2n) is 6.41. The highest BCUT2D eigenvalue weighted by Crippen LogP contribution is 2.27. The fraction of sp³-hybridized carbons (Fsp3) is 0.765. The minimum Gasteiger partial charge on any atom is -0.373 e. The zero-order chi connectivity index (χ0) is 15.7. The van der Waals surface area contributed by atoms with Crippen LogP contribution in [0.15, 0.2) is 6.33 Å². The summed E-state index contributed by atoms with van der Waals surface area (Å²) < 4.78 is 0. The van der Waals surface area contributed by atoms with Gasteiger partial charge in [0.25, 0.3) is 0 Å². The Balaban J connectivity index is 2.38. The third-order valence-corrected chi connectivity index (χ3v) is 3.70. The van der Waals surface area contributed by atoms with Gasteiger partial charge in [0.2, 0.25) is 0 Å². The first-order chi connectivity index (χ1) is 10.1. The second-order valence-corrected chi connectivity index (χ2v) is 6.41. The minimum absolute atomic E-state index is 0.405. The predicted molar refractivity (Wildman–Crippen MR) is 92.1 cm³/mol. The monoisotopic (exact) mass is 292 g/mol. The molecular weight excluding hydrogens is 260 g/mol. The van der Waals surface area contributed by atoms with E-state index in [0.29, 0.717) is 5.92 Å². The molecule has 0 aliphatic heterocycles. The van der Waals surface area contributed by atoms with Gasteiger partial charge in [-0.2, -0.15) is 0 Å². The molecule has 0 bridgehead atoms. The summed E-state index contributed by atoms with van der Waals surface area (Å²) >= 11 is 0. The quantitative estimate of drug-likeness (QED) is 0.616. The number of hydrogen-bond donors (Lipinski definition) is 2. The Labute approximate surface area is 130 Å². The molecule has 2 N–H and O–H groups in total. The molecule has 1 aromatic rings. The normalized spacial score (nSPS) is 11.2. The second kappa shape index (κ2) is 9.59. The molecule has 0 unspecified atom stereocenters. The zero-order valence-electron chi connectivity index (χ0n) is 14.4. The number of nitrogens with zero attached hydrogens (tertiary/aromatic N) is 2. The van der Waals surface area contributed by atoms with E-state index in [1.165, 1.54) is 37.7 Å². The van der Waals surface area contributed by atoms with Gasteiger partial charge in [-0.05, 0) is 18.3 Å². The molecule has 0 aromatic carbocycles. The zero-order valence-corrected chi connectivity index (χ0v) is 14.4. The number of rotatable bonds is 10. The average Bonchev–Trinajstić information content (AvgIpc) is 2.45.